The Morgan fingerprint density at radius 2 is 2.36 bits per heavy atom. The molecule has 0 amide bonds. The van der Waals surface area contributed by atoms with Gasteiger partial charge in [-0.1, -0.05) is 0 Å². The lowest BCUT2D eigenvalue weighted by molar-refractivity contribution is -0.00000371. The summed E-state index contributed by atoms with van der Waals surface area (Å²) in [6, 6.07) is 3.74. The van der Waals surface area contributed by atoms with Crippen molar-refractivity contribution in [3.63, 3.8) is 0 Å². The molecule has 0 spiro atoms. The van der Waals surface area contributed by atoms with Crippen molar-refractivity contribution >= 4 is 0 Å². The molecule has 1 aromatic rings. The molecule has 0 unspecified atom stereocenters. The van der Waals surface area contributed by atoms with Gasteiger partial charge in [0.05, 0.1) is 19.4 Å². The molecule has 0 saturated heterocycles. The molecule has 4 heteroatoms. The maximum Gasteiger partial charge on any atom is 0.117 e. The van der Waals surface area contributed by atoms with Crippen LogP contribution in [0.4, 0.5) is 0 Å². The van der Waals surface area contributed by atoms with Gasteiger partial charge in [0.25, 0.3) is 0 Å². The van der Waals surface area contributed by atoms with E-state index in [9.17, 15) is 0 Å². The van der Waals surface area contributed by atoms with Crippen LogP contribution in [0, 0.1) is 0 Å². The fourth-order valence-corrected chi connectivity index (χ4v) is 0.704. The van der Waals surface area contributed by atoms with Crippen LogP contribution in [-0.4, -0.2) is 18.3 Å². The molecule has 0 saturated carbocycles. The van der Waals surface area contributed by atoms with E-state index in [4.69, 9.17) is 9.52 Å². The molecule has 1 heterocycles. The maximum atomic E-state index is 8.40. The Labute approximate surface area is 71.8 Å². The van der Waals surface area contributed by atoms with Gasteiger partial charge in [0.1, 0.15) is 5.76 Å². The van der Waals surface area contributed by atoms with Crippen LogP contribution in [0.25, 0.3) is 0 Å². The third-order valence-electron chi connectivity index (χ3n) is 1.17. The lowest BCUT2D eigenvalue weighted by atomic mass is 10.4. The Morgan fingerprint density at radius 3 is 2.91 bits per heavy atom. The molecule has 1 rings (SSSR count). The number of hydrogen-bond acceptors (Lipinski definition) is 3. The lowest BCUT2D eigenvalue weighted by Gasteiger charge is -1.96. The van der Waals surface area contributed by atoms with E-state index in [0.717, 1.165) is 5.76 Å². The van der Waals surface area contributed by atoms with Crippen molar-refractivity contribution in [3.8, 4) is 0 Å². The predicted molar refractivity (Wildman–Crippen MR) is 37.5 cm³/mol. The van der Waals surface area contributed by atoms with E-state index < -0.39 is 0 Å². The maximum absolute atomic E-state index is 8.40. The summed E-state index contributed by atoms with van der Waals surface area (Å²) >= 11 is 0. The Balaban J connectivity index is 0.000001000. The van der Waals surface area contributed by atoms with Crippen LogP contribution in [0.5, 0.6) is 0 Å². The monoisotopic (exact) mass is 176 g/mol. The zero-order chi connectivity index (χ0) is 7.23. The second-order valence-electron chi connectivity index (χ2n) is 1.98. The fraction of sp³-hybridized carbons (Fsp3) is 0.429. The highest BCUT2D eigenvalue weighted by molar-refractivity contribution is 4.97. The van der Waals surface area contributed by atoms with Crippen LogP contribution >= 0.6 is 0 Å². The van der Waals surface area contributed by atoms with Crippen LogP contribution in [0.15, 0.2) is 22.8 Å². The largest absolute Gasteiger partial charge is 1.00 e. The number of furan rings is 1. The standard InChI is InChI=1S/C7H11NO2.ClH/c9-4-3-8-6-7-2-1-5-10-7;/h1-2,5,8-9H,3-4,6H2;1H/p-1. The summed E-state index contributed by atoms with van der Waals surface area (Å²) in [7, 11) is 0. The summed E-state index contributed by atoms with van der Waals surface area (Å²) in [5.74, 6) is 0.897. The summed E-state index contributed by atoms with van der Waals surface area (Å²) in [4.78, 5) is 0. The van der Waals surface area contributed by atoms with Gasteiger partial charge < -0.3 is 27.2 Å². The molecule has 2 N–H and O–H groups in total. The first-order valence-electron chi connectivity index (χ1n) is 3.27. The van der Waals surface area contributed by atoms with Gasteiger partial charge in [0.2, 0.25) is 0 Å². The third-order valence-corrected chi connectivity index (χ3v) is 1.17. The molecule has 0 radical (unpaired) electrons. The predicted octanol–water partition coefficient (Wildman–Crippen LogP) is -2.63. The van der Waals surface area contributed by atoms with Crippen LogP contribution < -0.4 is 17.7 Å². The SMILES string of the molecule is OCCNCc1ccco1.[Cl-]. The Kier molecular flexibility index (Phi) is 5.93. The first-order chi connectivity index (χ1) is 4.93. The average Bonchev–Trinajstić information content (AvgIpc) is 2.41. The summed E-state index contributed by atoms with van der Waals surface area (Å²) in [5.41, 5.74) is 0. The number of aliphatic hydroxyl groups excluding tert-OH is 1. The van der Waals surface area contributed by atoms with E-state index in [1.165, 1.54) is 0 Å². The van der Waals surface area contributed by atoms with Crippen molar-refractivity contribution in [2.75, 3.05) is 13.2 Å². The lowest BCUT2D eigenvalue weighted by Crippen LogP contribution is -3.00. The molecular weight excluding hydrogens is 166 g/mol. The van der Waals surface area contributed by atoms with Crippen molar-refractivity contribution in [2.24, 2.45) is 0 Å². The quantitative estimate of drug-likeness (QED) is 0.494. The molecule has 0 aliphatic carbocycles. The van der Waals surface area contributed by atoms with Crippen molar-refractivity contribution in [2.45, 2.75) is 6.54 Å². The van der Waals surface area contributed by atoms with E-state index in [1.807, 2.05) is 12.1 Å². The van der Waals surface area contributed by atoms with Gasteiger partial charge in [-0.3, -0.25) is 0 Å². The van der Waals surface area contributed by atoms with Gasteiger partial charge in [0.15, 0.2) is 0 Å². The second kappa shape index (κ2) is 6.22. The third kappa shape index (κ3) is 4.03. The van der Waals surface area contributed by atoms with Crippen molar-refractivity contribution < 1.29 is 21.9 Å². The van der Waals surface area contributed by atoms with Crippen LogP contribution in [0.1, 0.15) is 5.76 Å². The van der Waals surface area contributed by atoms with Crippen LogP contribution in [0.2, 0.25) is 0 Å². The number of rotatable bonds is 4. The highest BCUT2D eigenvalue weighted by Gasteiger charge is 1.91. The number of aliphatic hydroxyl groups is 1. The first-order valence-corrected chi connectivity index (χ1v) is 3.27. The Hall–Kier alpha value is -0.510. The molecular formula is C7H11ClNO2-. The van der Waals surface area contributed by atoms with Crippen molar-refractivity contribution in [3.05, 3.63) is 24.2 Å². The van der Waals surface area contributed by atoms with Gasteiger partial charge in [-0.25, -0.2) is 0 Å². The fourth-order valence-electron chi connectivity index (χ4n) is 0.704. The van der Waals surface area contributed by atoms with Gasteiger partial charge in [-0.15, -0.1) is 0 Å². The van der Waals surface area contributed by atoms with E-state index in [-0.39, 0.29) is 19.0 Å². The molecule has 0 atom stereocenters. The first kappa shape index (κ1) is 10.5. The minimum atomic E-state index is 0. The van der Waals surface area contributed by atoms with Gasteiger partial charge in [0, 0.05) is 6.54 Å². The topological polar surface area (TPSA) is 45.4 Å². The summed E-state index contributed by atoms with van der Waals surface area (Å²) in [6.07, 6.45) is 1.63. The smallest absolute Gasteiger partial charge is 0.117 e. The molecule has 3 nitrogen and oxygen atoms in total. The second-order valence-corrected chi connectivity index (χ2v) is 1.98. The Bertz CT molecular complexity index is 165. The number of halogens is 1. The highest BCUT2D eigenvalue weighted by atomic mass is 35.5. The zero-order valence-electron chi connectivity index (χ0n) is 6.09. The van der Waals surface area contributed by atoms with Crippen LogP contribution in [0.3, 0.4) is 0 Å². The summed E-state index contributed by atoms with van der Waals surface area (Å²) < 4.78 is 5.04. The minimum absolute atomic E-state index is 0. The van der Waals surface area contributed by atoms with Gasteiger partial charge >= 0.3 is 0 Å². The van der Waals surface area contributed by atoms with E-state index in [2.05, 4.69) is 5.32 Å². The average molecular weight is 177 g/mol. The van der Waals surface area contributed by atoms with E-state index >= 15 is 0 Å². The highest BCUT2D eigenvalue weighted by Crippen LogP contribution is 1.97. The molecule has 64 valence electrons. The van der Waals surface area contributed by atoms with Crippen LogP contribution in [-0.2, 0) is 6.54 Å². The zero-order valence-corrected chi connectivity index (χ0v) is 6.84. The van der Waals surface area contributed by atoms with E-state index in [1.54, 1.807) is 6.26 Å². The summed E-state index contributed by atoms with van der Waals surface area (Å²) in [6.45, 7) is 1.47. The number of nitrogens with one attached hydrogen (secondary N) is 1. The molecule has 0 fully saturated rings. The van der Waals surface area contributed by atoms with E-state index in [0.29, 0.717) is 13.1 Å². The van der Waals surface area contributed by atoms with Gasteiger partial charge in [-0.05, 0) is 12.1 Å². The minimum Gasteiger partial charge on any atom is -1.00 e. The molecule has 0 aliphatic heterocycles. The van der Waals surface area contributed by atoms with Crippen molar-refractivity contribution in [1.82, 2.24) is 5.32 Å². The van der Waals surface area contributed by atoms with Crippen molar-refractivity contribution in [1.29, 1.82) is 0 Å². The van der Waals surface area contributed by atoms with Gasteiger partial charge in [-0.2, -0.15) is 0 Å². The Morgan fingerprint density at radius 1 is 1.55 bits per heavy atom. The summed E-state index contributed by atoms with van der Waals surface area (Å²) in [5, 5.41) is 11.4. The molecule has 11 heavy (non-hydrogen) atoms. The molecule has 0 aliphatic rings. The number of hydrogen-bond donors (Lipinski definition) is 2. The molecule has 0 aromatic carbocycles. The molecule has 0 bridgehead atoms. The normalized spacial score (nSPS) is 9.18. The molecule has 1 aromatic heterocycles.